The zero-order chi connectivity index (χ0) is 17.5. The van der Waals surface area contributed by atoms with Crippen LogP contribution < -0.4 is 5.56 Å². The number of carbonyl (C=O) groups is 2. The lowest BCUT2D eigenvalue weighted by molar-refractivity contribution is -0.147. The Morgan fingerprint density at radius 2 is 1.96 bits per heavy atom. The molecule has 2 heterocycles. The Morgan fingerprint density at radius 3 is 2.58 bits per heavy atom. The third-order valence-corrected chi connectivity index (χ3v) is 4.69. The van der Waals surface area contributed by atoms with Gasteiger partial charge in [-0.25, -0.2) is 4.68 Å². The van der Waals surface area contributed by atoms with E-state index in [1.165, 1.54) is 4.68 Å². The van der Waals surface area contributed by atoms with Gasteiger partial charge in [-0.3, -0.25) is 14.4 Å². The lowest BCUT2D eigenvalue weighted by Gasteiger charge is -2.20. The quantitative estimate of drug-likeness (QED) is 0.899. The second-order valence-corrected chi connectivity index (χ2v) is 6.53. The Labute approximate surface area is 138 Å². The zero-order valence-electron chi connectivity index (χ0n) is 13.7. The fourth-order valence-corrected chi connectivity index (χ4v) is 3.11. The lowest BCUT2D eigenvalue weighted by Crippen LogP contribution is -2.36. The Kier molecular flexibility index (Phi) is 3.87. The fourth-order valence-electron chi connectivity index (χ4n) is 3.11. The Morgan fingerprint density at radius 1 is 1.29 bits per heavy atom. The van der Waals surface area contributed by atoms with Gasteiger partial charge in [0.1, 0.15) is 0 Å². The molecule has 1 N–H and O–H groups in total. The van der Waals surface area contributed by atoms with Crippen LogP contribution in [0, 0.1) is 5.41 Å². The molecule has 126 valence electrons. The fraction of sp³-hybridized carbons (Fsp3) is 0.412. The molecule has 1 fully saturated rings. The van der Waals surface area contributed by atoms with E-state index in [9.17, 15) is 19.5 Å². The third-order valence-electron chi connectivity index (χ3n) is 4.69. The normalized spacial score (nSPS) is 20.5. The van der Waals surface area contributed by atoms with Crippen LogP contribution in [0.3, 0.4) is 0 Å². The molecular weight excluding hydrogens is 310 g/mol. The van der Waals surface area contributed by atoms with Crippen LogP contribution in [-0.4, -0.2) is 44.8 Å². The maximum Gasteiger partial charge on any atom is 0.311 e. The highest BCUT2D eigenvalue weighted by Crippen LogP contribution is 2.30. The van der Waals surface area contributed by atoms with Crippen molar-refractivity contribution in [3.05, 3.63) is 40.3 Å². The largest absolute Gasteiger partial charge is 0.481 e. The third kappa shape index (κ3) is 2.66. The molecule has 0 bridgehead atoms. The molecule has 24 heavy (non-hydrogen) atoms. The smallest absolute Gasteiger partial charge is 0.311 e. The second kappa shape index (κ2) is 5.74. The molecule has 1 aliphatic heterocycles. The summed E-state index contributed by atoms with van der Waals surface area (Å²) in [5.41, 5.74) is -0.572. The number of rotatable bonds is 3. The molecule has 7 nitrogen and oxygen atoms in total. The molecule has 0 radical (unpaired) electrons. The number of aromatic nitrogens is 2. The number of carboxylic acid groups (broad SMARTS) is 1. The first-order valence-electron chi connectivity index (χ1n) is 7.78. The molecule has 1 aliphatic rings. The van der Waals surface area contributed by atoms with Crippen molar-refractivity contribution in [2.45, 2.75) is 19.8 Å². The molecule has 0 saturated carbocycles. The van der Waals surface area contributed by atoms with E-state index in [0.717, 1.165) is 0 Å². The van der Waals surface area contributed by atoms with Crippen LogP contribution >= 0.6 is 0 Å². The molecule has 2 aromatic rings. The van der Waals surface area contributed by atoms with E-state index in [4.69, 9.17) is 0 Å². The van der Waals surface area contributed by atoms with Crippen molar-refractivity contribution in [2.24, 2.45) is 12.5 Å². The summed E-state index contributed by atoms with van der Waals surface area (Å²) >= 11 is 0. The molecule has 1 saturated heterocycles. The number of likely N-dealkylation sites (tertiary alicyclic amines) is 1. The van der Waals surface area contributed by atoms with E-state index in [1.54, 1.807) is 43.1 Å². The van der Waals surface area contributed by atoms with Gasteiger partial charge in [-0.05, 0) is 19.4 Å². The minimum Gasteiger partial charge on any atom is -0.481 e. The topological polar surface area (TPSA) is 92.5 Å². The SMILES string of the molecule is Cn1nc(CC(=O)N2CCC(C)(C(=O)O)C2)c2ccccc2c1=O. The van der Waals surface area contributed by atoms with Gasteiger partial charge in [-0.2, -0.15) is 5.10 Å². The number of aryl methyl sites for hydroxylation is 1. The van der Waals surface area contributed by atoms with Crippen LogP contribution in [0.5, 0.6) is 0 Å². The van der Waals surface area contributed by atoms with Crippen LogP contribution in [0.1, 0.15) is 19.0 Å². The summed E-state index contributed by atoms with van der Waals surface area (Å²) in [5, 5.41) is 14.7. The van der Waals surface area contributed by atoms with Gasteiger partial charge in [0, 0.05) is 25.5 Å². The monoisotopic (exact) mass is 329 g/mol. The molecular formula is C17H19N3O4. The maximum absolute atomic E-state index is 12.6. The zero-order valence-corrected chi connectivity index (χ0v) is 13.7. The lowest BCUT2D eigenvalue weighted by atomic mass is 9.90. The number of hydrogen-bond acceptors (Lipinski definition) is 4. The first kappa shape index (κ1) is 16.2. The molecule has 1 atom stereocenters. The van der Waals surface area contributed by atoms with Crippen molar-refractivity contribution >= 4 is 22.6 Å². The van der Waals surface area contributed by atoms with Gasteiger partial charge in [0.25, 0.3) is 5.56 Å². The van der Waals surface area contributed by atoms with Gasteiger partial charge in [0.15, 0.2) is 0 Å². The first-order valence-corrected chi connectivity index (χ1v) is 7.78. The van der Waals surface area contributed by atoms with Crippen molar-refractivity contribution in [1.82, 2.24) is 14.7 Å². The molecule has 1 amide bonds. The average molecular weight is 329 g/mol. The van der Waals surface area contributed by atoms with Gasteiger partial charge >= 0.3 is 5.97 Å². The number of aliphatic carboxylic acids is 1. The van der Waals surface area contributed by atoms with Gasteiger partial charge in [0.05, 0.1) is 22.9 Å². The Balaban J connectivity index is 1.89. The highest BCUT2D eigenvalue weighted by Gasteiger charge is 2.42. The van der Waals surface area contributed by atoms with Crippen molar-refractivity contribution in [3.63, 3.8) is 0 Å². The number of carbonyl (C=O) groups excluding carboxylic acids is 1. The van der Waals surface area contributed by atoms with Crippen molar-refractivity contribution in [2.75, 3.05) is 13.1 Å². The number of hydrogen-bond donors (Lipinski definition) is 1. The number of fused-ring (bicyclic) bond motifs is 1. The summed E-state index contributed by atoms with van der Waals surface area (Å²) in [6, 6.07) is 7.06. The molecule has 1 unspecified atom stereocenters. The summed E-state index contributed by atoms with van der Waals surface area (Å²) in [7, 11) is 1.56. The predicted octanol–water partition coefficient (Wildman–Crippen LogP) is 0.799. The standard InChI is InChI=1S/C17H19N3O4/c1-17(16(23)24)7-8-20(10-17)14(21)9-13-11-5-3-4-6-12(11)15(22)19(2)18-13/h3-6H,7-10H2,1-2H3,(H,23,24). The van der Waals surface area contributed by atoms with Gasteiger partial charge in [0.2, 0.25) is 5.91 Å². The minimum atomic E-state index is -0.894. The Bertz CT molecular complexity index is 889. The Hall–Kier alpha value is -2.70. The van der Waals surface area contributed by atoms with Crippen LogP contribution in [-0.2, 0) is 23.1 Å². The van der Waals surface area contributed by atoms with Crippen LogP contribution in [0.25, 0.3) is 10.8 Å². The number of benzene rings is 1. The maximum atomic E-state index is 12.6. The highest BCUT2D eigenvalue weighted by atomic mass is 16.4. The van der Waals surface area contributed by atoms with Crippen LogP contribution in [0.2, 0.25) is 0 Å². The van der Waals surface area contributed by atoms with Gasteiger partial charge in [-0.15, -0.1) is 0 Å². The van der Waals surface area contributed by atoms with E-state index in [0.29, 0.717) is 29.4 Å². The molecule has 1 aromatic heterocycles. The van der Waals surface area contributed by atoms with E-state index < -0.39 is 11.4 Å². The predicted molar refractivity (Wildman–Crippen MR) is 87.6 cm³/mol. The summed E-state index contributed by atoms with van der Waals surface area (Å²) in [4.78, 5) is 37.6. The summed E-state index contributed by atoms with van der Waals surface area (Å²) in [6.45, 7) is 2.28. The van der Waals surface area contributed by atoms with E-state index in [2.05, 4.69) is 5.10 Å². The molecule has 7 heteroatoms. The van der Waals surface area contributed by atoms with Crippen molar-refractivity contribution in [3.8, 4) is 0 Å². The highest BCUT2D eigenvalue weighted by molar-refractivity contribution is 5.89. The molecule has 1 aromatic carbocycles. The van der Waals surface area contributed by atoms with E-state index in [-0.39, 0.29) is 24.4 Å². The van der Waals surface area contributed by atoms with E-state index >= 15 is 0 Å². The van der Waals surface area contributed by atoms with Crippen molar-refractivity contribution < 1.29 is 14.7 Å². The van der Waals surface area contributed by atoms with Crippen LogP contribution in [0.4, 0.5) is 0 Å². The van der Waals surface area contributed by atoms with E-state index in [1.807, 2.05) is 0 Å². The van der Waals surface area contributed by atoms with Crippen molar-refractivity contribution in [1.29, 1.82) is 0 Å². The summed E-state index contributed by atoms with van der Waals surface area (Å²) in [5.74, 6) is -1.06. The molecule has 0 aliphatic carbocycles. The van der Waals surface area contributed by atoms with Crippen LogP contribution in [0.15, 0.2) is 29.1 Å². The number of carboxylic acids is 1. The first-order chi connectivity index (χ1) is 11.3. The molecule has 0 spiro atoms. The second-order valence-electron chi connectivity index (χ2n) is 6.53. The number of nitrogens with zero attached hydrogens (tertiary/aromatic N) is 3. The molecule has 3 rings (SSSR count). The number of amides is 1. The van der Waals surface area contributed by atoms with Gasteiger partial charge in [-0.1, -0.05) is 18.2 Å². The van der Waals surface area contributed by atoms with Gasteiger partial charge < -0.3 is 10.0 Å². The summed E-state index contributed by atoms with van der Waals surface area (Å²) in [6.07, 6.45) is 0.486. The average Bonchev–Trinajstić information content (AvgIpc) is 2.96. The minimum absolute atomic E-state index is 0.0460. The summed E-state index contributed by atoms with van der Waals surface area (Å²) < 4.78 is 1.23.